The van der Waals surface area contributed by atoms with Gasteiger partial charge in [-0.25, -0.2) is 4.98 Å². The zero-order valence-electron chi connectivity index (χ0n) is 21.4. The molecule has 0 saturated heterocycles. The van der Waals surface area contributed by atoms with E-state index in [-0.39, 0.29) is 11.4 Å². The van der Waals surface area contributed by atoms with Crippen molar-refractivity contribution < 1.29 is 9.53 Å². The Morgan fingerprint density at radius 2 is 1.68 bits per heavy atom. The number of halogens is 1. The Labute approximate surface area is 225 Å². The van der Waals surface area contributed by atoms with Gasteiger partial charge >= 0.3 is 5.97 Å². The molecule has 0 saturated carbocycles. The van der Waals surface area contributed by atoms with Crippen LogP contribution in [-0.2, 0) is 16.0 Å². The molecule has 4 aromatic carbocycles. The number of aromatic amines is 1. The summed E-state index contributed by atoms with van der Waals surface area (Å²) in [6.45, 7) is 4.15. The van der Waals surface area contributed by atoms with Crippen LogP contribution in [0.15, 0.2) is 54.6 Å². The minimum Gasteiger partial charge on any atom is -0.469 e. The minimum absolute atomic E-state index is 0.192. The van der Waals surface area contributed by atoms with Crippen LogP contribution in [0.25, 0.3) is 44.0 Å². The van der Waals surface area contributed by atoms with E-state index in [4.69, 9.17) is 21.3 Å². The molecule has 1 heterocycles. The lowest BCUT2D eigenvalue weighted by Crippen LogP contribution is -2.18. The van der Waals surface area contributed by atoms with Crippen molar-refractivity contribution in [3.63, 3.8) is 0 Å². The fourth-order valence-electron chi connectivity index (χ4n) is 5.04. The summed E-state index contributed by atoms with van der Waals surface area (Å²) in [5, 5.41) is 23.9. The molecule has 5 aromatic rings. The minimum atomic E-state index is -0.205. The van der Waals surface area contributed by atoms with Gasteiger partial charge in [0, 0.05) is 15.8 Å². The van der Waals surface area contributed by atoms with Gasteiger partial charge in [-0.2, -0.15) is 10.5 Å². The number of nitriles is 2. The van der Waals surface area contributed by atoms with E-state index in [9.17, 15) is 15.3 Å². The maximum atomic E-state index is 11.8. The number of fused-ring (bicyclic) bond motifs is 6. The smallest absolute Gasteiger partial charge is 0.306 e. The molecule has 38 heavy (non-hydrogen) atoms. The highest BCUT2D eigenvalue weighted by molar-refractivity contribution is 6.33. The largest absolute Gasteiger partial charge is 0.469 e. The average Bonchev–Trinajstić information content (AvgIpc) is 3.36. The number of esters is 1. The van der Waals surface area contributed by atoms with Crippen molar-refractivity contribution >= 4 is 50.1 Å². The number of carbonyl (C=O) groups excluding carboxylic acids is 1. The van der Waals surface area contributed by atoms with Crippen LogP contribution in [0.3, 0.4) is 0 Å². The van der Waals surface area contributed by atoms with Crippen LogP contribution in [0.4, 0.5) is 0 Å². The molecule has 1 aromatic heterocycles. The molecule has 0 aliphatic rings. The zero-order valence-corrected chi connectivity index (χ0v) is 22.1. The van der Waals surface area contributed by atoms with E-state index in [1.54, 1.807) is 18.2 Å². The summed E-state index contributed by atoms with van der Waals surface area (Å²) >= 11 is 6.43. The number of nitrogens with zero attached hydrogens (tertiary/aromatic N) is 3. The number of hydrogen-bond donors (Lipinski definition) is 1. The predicted octanol–water partition coefficient (Wildman–Crippen LogP) is 7.45. The van der Waals surface area contributed by atoms with Gasteiger partial charge in [0.25, 0.3) is 0 Å². The first kappa shape index (κ1) is 25.3. The van der Waals surface area contributed by atoms with E-state index in [1.807, 2.05) is 18.2 Å². The molecule has 0 aliphatic carbocycles. The van der Waals surface area contributed by atoms with Crippen LogP contribution in [0.2, 0.25) is 5.02 Å². The van der Waals surface area contributed by atoms with Crippen LogP contribution in [0, 0.1) is 28.1 Å². The highest BCUT2D eigenvalue weighted by Gasteiger charge is 2.23. The topological polar surface area (TPSA) is 103 Å². The normalized spacial score (nSPS) is 11.5. The summed E-state index contributed by atoms with van der Waals surface area (Å²) in [4.78, 5) is 20.1. The number of hydrogen-bond acceptors (Lipinski definition) is 5. The van der Waals surface area contributed by atoms with Crippen molar-refractivity contribution in [2.24, 2.45) is 5.41 Å². The van der Waals surface area contributed by atoms with Gasteiger partial charge in [-0.1, -0.05) is 55.8 Å². The Morgan fingerprint density at radius 1 is 1.00 bits per heavy atom. The number of carbonyl (C=O) groups is 1. The van der Waals surface area contributed by atoms with Crippen LogP contribution in [-0.4, -0.2) is 23.0 Å². The molecule has 1 N–H and O–H groups in total. The first-order valence-corrected chi connectivity index (χ1v) is 12.7. The van der Waals surface area contributed by atoms with Gasteiger partial charge in [0.1, 0.15) is 5.82 Å². The Hall–Kier alpha value is -4.39. The zero-order chi connectivity index (χ0) is 27.0. The number of aryl methyl sites for hydroxylation is 1. The predicted molar refractivity (Wildman–Crippen MR) is 150 cm³/mol. The molecule has 7 heteroatoms. The van der Waals surface area contributed by atoms with E-state index in [0.29, 0.717) is 34.0 Å². The number of imidazole rings is 1. The number of benzene rings is 4. The average molecular weight is 521 g/mol. The lowest BCUT2D eigenvalue weighted by atomic mass is 9.83. The van der Waals surface area contributed by atoms with Crippen LogP contribution in [0.1, 0.15) is 43.4 Å². The first-order valence-electron chi connectivity index (χ1n) is 12.3. The molecule has 0 radical (unpaired) electrons. The van der Waals surface area contributed by atoms with Crippen LogP contribution >= 0.6 is 11.6 Å². The van der Waals surface area contributed by atoms with Crippen LogP contribution in [0.5, 0.6) is 0 Å². The summed E-state index contributed by atoms with van der Waals surface area (Å²) < 4.78 is 4.86. The monoisotopic (exact) mass is 520 g/mol. The van der Waals surface area contributed by atoms with E-state index in [2.05, 4.69) is 49.2 Å². The number of aromatic nitrogens is 2. The van der Waals surface area contributed by atoms with Gasteiger partial charge in [0.15, 0.2) is 0 Å². The molecule has 188 valence electrons. The molecule has 0 spiro atoms. The highest BCUT2D eigenvalue weighted by atomic mass is 35.5. The maximum absolute atomic E-state index is 11.8. The van der Waals surface area contributed by atoms with Gasteiger partial charge < -0.3 is 9.72 Å². The molecule has 0 atom stereocenters. The molecule has 5 rings (SSSR count). The lowest BCUT2D eigenvalue weighted by Gasteiger charge is -2.23. The standard InChI is InChI=1S/C31H25ClN4O2/c1-31(2,15-26(37)38-3)12-11-18-7-9-22-24(13-18)25-14-21(32)8-10-23(25)29-28(22)35-30(36-29)27-19(16-33)5-4-6-20(27)17-34/h4-10,13-14H,11-12,15H2,1-3H3,(H,35,36). The van der Waals surface area contributed by atoms with E-state index in [0.717, 1.165) is 51.0 Å². The maximum Gasteiger partial charge on any atom is 0.306 e. The second-order valence-electron chi connectivity index (χ2n) is 10.2. The molecule has 0 bridgehead atoms. The Kier molecular flexibility index (Phi) is 6.53. The third-order valence-electron chi connectivity index (χ3n) is 7.07. The fourth-order valence-corrected chi connectivity index (χ4v) is 5.21. The quantitative estimate of drug-likeness (QED) is 0.185. The summed E-state index contributed by atoms with van der Waals surface area (Å²) in [6, 6.07) is 21.5. The summed E-state index contributed by atoms with van der Waals surface area (Å²) in [6.07, 6.45) is 1.99. The first-order chi connectivity index (χ1) is 18.2. The molecule has 6 nitrogen and oxygen atoms in total. The third-order valence-corrected chi connectivity index (χ3v) is 7.30. The van der Waals surface area contributed by atoms with Gasteiger partial charge in [-0.05, 0) is 58.9 Å². The molecular formula is C31H25ClN4O2. The number of ether oxygens (including phenoxy) is 1. The number of rotatable bonds is 6. The van der Waals surface area contributed by atoms with E-state index < -0.39 is 0 Å². The second kappa shape index (κ2) is 9.82. The molecule has 0 amide bonds. The summed E-state index contributed by atoms with van der Waals surface area (Å²) in [7, 11) is 1.42. The molecular weight excluding hydrogens is 496 g/mol. The van der Waals surface area contributed by atoms with Gasteiger partial charge in [0.2, 0.25) is 0 Å². The van der Waals surface area contributed by atoms with Crippen molar-refractivity contribution in [1.29, 1.82) is 10.5 Å². The van der Waals surface area contributed by atoms with Gasteiger partial charge in [0.05, 0.1) is 53.4 Å². The molecule has 0 aliphatic heterocycles. The molecule has 0 fully saturated rings. The Morgan fingerprint density at radius 3 is 2.37 bits per heavy atom. The molecule has 0 unspecified atom stereocenters. The van der Waals surface area contributed by atoms with E-state index >= 15 is 0 Å². The lowest BCUT2D eigenvalue weighted by molar-refractivity contribution is -0.143. The Balaban J connectivity index is 1.68. The van der Waals surface area contributed by atoms with E-state index in [1.165, 1.54) is 7.11 Å². The van der Waals surface area contributed by atoms with Crippen molar-refractivity contribution in [1.82, 2.24) is 9.97 Å². The van der Waals surface area contributed by atoms with Crippen molar-refractivity contribution in [3.8, 4) is 23.5 Å². The number of methoxy groups -OCH3 is 1. The fraction of sp³-hybridized carbons (Fsp3) is 0.226. The van der Waals surface area contributed by atoms with Crippen molar-refractivity contribution in [2.75, 3.05) is 7.11 Å². The highest BCUT2D eigenvalue weighted by Crippen LogP contribution is 2.38. The Bertz CT molecular complexity index is 1790. The van der Waals surface area contributed by atoms with Crippen molar-refractivity contribution in [2.45, 2.75) is 33.1 Å². The third kappa shape index (κ3) is 4.56. The summed E-state index contributed by atoms with van der Waals surface area (Å²) in [5.41, 5.74) is 3.81. The van der Waals surface area contributed by atoms with Crippen LogP contribution < -0.4 is 0 Å². The number of nitrogens with one attached hydrogen (secondary N) is 1. The SMILES string of the molecule is COC(=O)CC(C)(C)CCc1ccc2c(c1)c1cc(Cl)ccc1c1nc(-c3c(C#N)cccc3C#N)[nH]c21. The van der Waals surface area contributed by atoms with Gasteiger partial charge in [-0.15, -0.1) is 0 Å². The second-order valence-corrected chi connectivity index (χ2v) is 10.7. The van der Waals surface area contributed by atoms with Gasteiger partial charge in [-0.3, -0.25) is 4.79 Å². The van der Waals surface area contributed by atoms with Crippen molar-refractivity contribution in [3.05, 3.63) is 76.3 Å². The number of H-pyrrole nitrogens is 1. The summed E-state index contributed by atoms with van der Waals surface area (Å²) in [5.74, 6) is 0.273.